The lowest BCUT2D eigenvalue weighted by Gasteiger charge is -2.34. The van der Waals surface area contributed by atoms with Gasteiger partial charge in [-0.1, -0.05) is 6.92 Å². The molecule has 0 bridgehead atoms. The van der Waals surface area contributed by atoms with Crippen molar-refractivity contribution in [2.45, 2.75) is 50.4 Å². The zero-order valence-electron chi connectivity index (χ0n) is 17.5. The van der Waals surface area contributed by atoms with Crippen LogP contribution >= 0.6 is 0 Å². The fourth-order valence-electron chi connectivity index (χ4n) is 3.59. The molecule has 2 saturated heterocycles. The van der Waals surface area contributed by atoms with Crippen LogP contribution < -0.4 is 20.1 Å². The van der Waals surface area contributed by atoms with Crippen LogP contribution in [-0.2, 0) is 14.8 Å². The van der Waals surface area contributed by atoms with Crippen molar-refractivity contribution >= 4 is 22.0 Å². The van der Waals surface area contributed by atoms with Gasteiger partial charge in [0.25, 0.3) is 5.91 Å². The van der Waals surface area contributed by atoms with Gasteiger partial charge < -0.3 is 14.8 Å². The number of ether oxygens (including phenoxy) is 2. The topological polar surface area (TPSA) is 114 Å². The van der Waals surface area contributed by atoms with Gasteiger partial charge in [0.2, 0.25) is 10.0 Å². The number of nitrogens with one attached hydrogen (secondary N) is 2. The molecule has 0 aromatic heterocycles. The van der Waals surface area contributed by atoms with E-state index in [9.17, 15) is 35.6 Å². The molecule has 2 aliphatic rings. The van der Waals surface area contributed by atoms with Gasteiger partial charge in [-0.05, 0) is 43.5 Å². The van der Waals surface area contributed by atoms with E-state index in [-0.39, 0.29) is 31.4 Å². The third-order valence-electron chi connectivity index (χ3n) is 5.48. The maximum atomic E-state index is 13.0. The van der Waals surface area contributed by atoms with E-state index < -0.39 is 51.5 Å². The molecule has 2 heterocycles. The van der Waals surface area contributed by atoms with Crippen LogP contribution in [0.25, 0.3) is 0 Å². The minimum Gasteiger partial charge on any atom is -0.490 e. The number of halogens is 4. The summed E-state index contributed by atoms with van der Waals surface area (Å²) >= 11 is 0. The number of hydrogen-bond donors (Lipinski definition) is 2. The molecule has 184 valence electrons. The highest BCUT2D eigenvalue weighted by molar-refractivity contribution is 7.89. The van der Waals surface area contributed by atoms with Gasteiger partial charge >= 0.3 is 18.6 Å². The summed E-state index contributed by atoms with van der Waals surface area (Å²) in [4.78, 5) is 23.6. The van der Waals surface area contributed by atoms with Crippen LogP contribution in [-0.4, -0.2) is 67.7 Å². The second kappa shape index (κ2) is 9.33. The molecule has 1 aromatic carbocycles. The molecular formula is C19H23F4N3O6S. The zero-order valence-corrected chi connectivity index (χ0v) is 18.3. The highest BCUT2D eigenvalue weighted by Gasteiger charge is 2.49. The second-order valence-corrected chi connectivity index (χ2v) is 9.72. The van der Waals surface area contributed by atoms with Crippen molar-refractivity contribution in [2.24, 2.45) is 0 Å². The number of imide groups is 1. The Bertz CT molecular complexity index is 984. The number of piperidine rings is 1. The van der Waals surface area contributed by atoms with Crippen LogP contribution in [0.1, 0.15) is 26.2 Å². The van der Waals surface area contributed by atoms with Gasteiger partial charge in [-0.25, -0.2) is 17.5 Å². The number of carbonyl (C=O) groups excluding carboxylic acids is 2. The predicted molar refractivity (Wildman–Crippen MR) is 107 cm³/mol. The molecule has 2 fully saturated rings. The molecule has 0 radical (unpaired) electrons. The molecule has 2 aliphatic heterocycles. The van der Waals surface area contributed by atoms with Gasteiger partial charge in [0.05, 0.1) is 5.75 Å². The van der Waals surface area contributed by atoms with E-state index in [1.165, 1.54) is 16.4 Å². The summed E-state index contributed by atoms with van der Waals surface area (Å²) in [6, 6.07) is 3.96. The molecule has 3 rings (SSSR count). The molecule has 1 atom stereocenters. The zero-order chi connectivity index (χ0) is 24.4. The number of nitrogens with zero attached hydrogens (tertiary/aromatic N) is 1. The Hall–Kier alpha value is -2.61. The van der Waals surface area contributed by atoms with Crippen LogP contribution in [0.4, 0.5) is 22.4 Å². The Labute approximate surface area is 187 Å². The molecule has 1 aromatic rings. The largest absolute Gasteiger partial charge is 0.490 e. The number of sulfonamides is 1. The standard InChI is InChI=1S/C19H23F4N3O6S/c1-2-18(16(27)24-17(28)25-18)11-33(29,30)26-9-7-13(8-10-26)31-12-3-5-14(6-4-12)32-19(22,23)15(20)21/h3-6,13,15H,2,7-11H2,1H3,(H2,24,25,27,28)/t18-/m1/s1. The summed E-state index contributed by atoms with van der Waals surface area (Å²) in [5.41, 5.74) is -1.52. The van der Waals surface area contributed by atoms with Crippen molar-refractivity contribution in [3.8, 4) is 11.5 Å². The Balaban J connectivity index is 1.54. The normalized spacial score (nSPS) is 22.8. The third-order valence-corrected chi connectivity index (χ3v) is 7.49. The van der Waals surface area contributed by atoms with Gasteiger partial charge in [0.1, 0.15) is 23.1 Å². The molecule has 9 nitrogen and oxygen atoms in total. The fourth-order valence-corrected chi connectivity index (χ4v) is 5.57. The maximum Gasteiger partial charge on any atom is 0.461 e. The van der Waals surface area contributed by atoms with Crippen molar-refractivity contribution < 1.29 is 45.0 Å². The van der Waals surface area contributed by atoms with Gasteiger partial charge in [0.15, 0.2) is 0 Å². The first-order valence-corrected chi connectivity index (χ1v) is 11.7. The van der Waals surface area contributed by atoms with Crippen LogP contribution in [0.15, 0.2) is 24.3 Å². The Morgan fingerprint density at radius 3 is 2.21 bits per heavy atom. The summed E-state index contributed by atoms with van der Waals surface area (Å²) in [6.07, 6.45) is -8.22. The molecule has 0 aliphatic carbocycles. The van der Waals surface area contributed by atoms with Crippen LogP contribution in [0.5, 0.6) is 11.5 Å². The first-order chi connectivity index (χ1) is 15.4. The van der Waals surface area contributed by atoms with E-state index in [0.717, 1.165) is 12.1 Å². The number of hydrogen-bond acceptors (Lipinski definition) is 6. The summed E-state index contributed by atoms with van der Waals surface area (Å²) in [7, 11) is -3.87. The minimum absolute atomic E-state index is 0.104. The van der Waals surface area contributed by atoms with Gasteiger partial charge in [-0.3, -0.25) is 10.1 Å². The van der Waals surface area contributed by atoms with Crippen molar-refractivity contribution in [1.29, 1.82) is 0 Å². The highest BCUT2D eigenvalue weighted by Crippen LogP contribution is 2.30. The average Bonchev–Trinajstić information content (AvgIpc) is 3.02. The summed E-state index contributed by atoms with van der Waals surface area (Å²) in [6.45, 7) is 1.83. The molecule has 0 unspecified atom stereocenters. The summed E-state index contributed by atoms with van der Waals surface area (Å²) < 4.78 is 86.9. The Morgan fingerprint density at radius 2 is 1.73 bits per heavy atom. The van der Waals surface area contributed by atoms with E-state index in [1.807, 2.05) is 0 Å². The minimum atomic E-state index is -4.61. The molecule has 0 spiro atoms. The first-order valence-electron chi connectivity index (χ1n) is 10.1. The van der Waals surface area contributed by atoms with Crippen molar-refractivity contribution in [1.82, 2.24) is 14.9 Å². The lowest BCUT2D eigenvalue weighted by atomic mass is 10.00. The quantitative estimate of drug-likeness (QED) is 0.399. The Morgan fingerprint density at radius 1 is 1.15 bits per heavy atom. The van der Waals surface area contributed by atoms with Crippen molar-refractivity contribution in [3.05, 3.63) is 24.3 Å². The smallest absolute Gasteiger partial charge is 0.461 e. The van der Waals surface area contributed by atoms with Gasteiger partial charge in [0, 0.05) is 13.1 Å². The predicted octanol–water partition coefficient (Wildman–Crippen LogP) is 2.08. The van der Waals surface area contributed by atoms with Crippen molar-refractivity contribution in [2.75, 3.05) is 18.8 Å². The Kier molecular flexibility index (Phi) is 7.07. The van der Waals surface area contributed by atoms with Gasteiger partial charge in [-0.15, -0.1) is 0 Å². The SMILES string of the molecule is CC[C@]1(CS(=O)(=O)N2CCC(Oc3ccc(OC(F)(F)C(F)F)cc3)CC2)NC(=O)NC1=O. The van der Waals surface area contributed by atoms with E-state index in [2.05, 4.69) is 15.4 Å². The second-order valence-electron chi connectivity index (χ2n) is 7.75. The average molecular weight is 497 g/mol. The lowest BCUT2D eigenvalue weighted by Crippen LogP contribution is -2.55. The van der Waals surface area contributed by atoms with Gasteiger partial charge in [-0.2, -0.15) is 17.6 Å². The van der Waals surface area contributed by atoms with Crippen LogP contribution in [0.2, 0.25) is 0 Å². The van der Waals surface area contributed by atoms with Crippen LogP contribution in [0.3, 0.4) is 0 Å². The number of urea groups is 1. The number of carbonyl (C=O) groups is 2. The number of benzene rings is 1. The van der Waals surface area contributed by atoms with Crippen molar-refractivity contribution in [3.63, 3.8) is 0 Å². The fraction of sp³-hybridized carbons (Fsp3) is 0.579. The lowest BCUT2D eigenvalue weighted by molar-refractivity contribution is -0.253. The maximum absolute atomic E-state index is 13.0. The number of amides is 3. The van der Waals surface area contributed by atoms with Crippen LogP contribution in [0, 0.1) is 0 Å². The molecule has 33 heavy (non-hydrogen) atoms. The molecule has 0 saturated carbocycles. The number of rotatable bonds is 9. The monoisotopic (exact) mass is 497 g/mol. The van der Waals surface area contributed by atoms with E-state index in [0.29, 0.717) is 12.8 Å². The number of alkyl halides is 4. The molecular weight excluding hydrogens is 474 g/mol. The first kappa shape index (κ1) is 25.0. The van der Waals surface area contributed by atoms with E-state index in [1.54, 1.807) is 6.92 Å². The summed E-state index contributed by atoms with van der Waals surface area (Å²) in [5.74, 6) is -1.43. The van der Waals surface area contributed by atoms with E-state index >= 15 is 0 Å². The molecule has 2 N–H and O–H groups in total. The molecule has 14 heteroatoms. The molecule has 3 amide bonds. The highest BCUT2D eigenvalue weighted by atomic mass is 32.2. The third kappa shape index (κ3) is 5.66. The van der Waals surface area contributed by atoms with E-state index in [4.69, 9.17) is 4.74 Å². The summed E-state index contributed by atoms with van der Waals surface area (Å²) in [5, 5.41) is 4.46.